The fraction of sp³-hybridized carbons (Fsp3) is 0.500. The van der Waals surface area contributed by atoms with E-state index in [4.69, 9.17) is 5.73 Å². The molecule has 0 radical (unpaired) electrons. The highest BCUT2D eigenvalue weighted by Crippen LogP contribution is 2.33. The first-order chi connectivity index (χ1) is 10.3. The highest BCUT2D eigenvalue weighted by molar-refractivity contribution is 5.86. The van der Waals surface area contributed by atoms with Crippen LogP contribution in [0.3, 0.4) is 0 Å². The molecule has 0 unspecified atom stereocenters. The van der Waals surface area contributed by atoms with E-state index in [-0.39, 0.29) is 12.4 Å². The zero-order valence-electron chi connectivity index (χ0n) is 12.1. The molecule has 0 spiro atoms. The minimum Gasteiger partial charge on any atom is -0.396 e. The molecule has 0 saturated carbocycles. The van der Waals surface area contributed by atoms with Crippen molar-refractivity contribution in [3.8, 4) is 0 Å². The van der Waals surface area contributed by atoms with E-state index in [9.17, 15) is 9.50 Å². The Hall–Kier alpha value is -1.43. The van der Waals surface area contributed by atoms with Gasteiger partial charge in [-0.2, -0.15) is 0 Å². The number of piperidine rings is 1. The smallest absolute Gasteiger partial charge is 0.123 e. The van der Waals surface area contributed by atoms with Crippen LogP contribution in [0.5, 0.6) is 0 Å². The molecule has 1 saturated heterocycles. The van der Waals surface area contributed by atoms with Crippen LogP contribution in [0.2, 0.25) is 0 Å². The molecule has 4 nitrogen and oxygen atoms in total. The molecule has 3 rings (SSSR count). The Kier molecular flexibility index (Phi) is 4.24. The summed E-state index contributed by atoms with van der Waals surface area (Å²) in [6, 6.07) is 5.30. The second-order valence-corrected chi connectivity index (χ2v) is 5.62. The van der Waals surface area contributed by atoms with E-state index in [1.807, 2.05) is 6.07 Å². The number of nitrogens with zero attached hydrogens (tertiary/aromatic N) is 1. The van der Waals surface area contributed by atoms with E-state index < -0.39 is 0 Å². The minimum absolute atomic E-state index is 0.0801. The monoisotopic (exact) mass is 291 g/mol. The van der Waals surface area contributed by atoms with Gasteiger partial charge in [0.1, 0.15) is 5.82 Å². The topological polar surface area (TPSA) is 63.2 Å². The maximum absolute atomic E-state index is 13.6. The van der Waals surface area contributed by atoms with Gasteiger partial charge in [-0.3, -0.25) is 0 Å². The Morgan fingerprint density at radius 2 is 2.10 bits per heavy atom. The van der Waals surface area contributed by atoms with Gasteiger partial charge >= 0.3 is 0 Å². The molecule has 1 fully saturated rings. The van der Waals surface area contributed by atoms with Crippen molar-refractivity contribution in [1.82, 2.24) is 9.88 Å². The van der Waals surface area contributed by atoms with E-state index in [1.54, 1.807) is 6.07 Å². The fourth-order valence-corrected chi connectivity index (χ4v) is 3.49. The molecule has 1 aliphatic heterocycles. The maximum atomic E-state index is 13.6. The summed E-state index contributed by atoms with van der Waals surface area (Å²) in [6.45, 7) is 2.42. The Bertz CT molecular complexity index is 632. The minimum atomic E-state index is -0.241. The molecule has 114 valence electrons. The number of aromatic nitrogens is 1. The standard InChI is InChI=1S/C16H22FN3O/c17-11-1-2-15-13(9-11)14(10-18)16(5-8-21)20(15)12-3-6-19-7-4-12/h1-2,9,12,19,21H,3-8,10,18H2. The first-order valence-corrected chi connectivity index (χ1v) is 7.59. The highest BCUT2D eigenvalue weighted by atomic mass is 19.1. The van der Waals surface area contributed by atoms with Crippen molar-refractivity contribution < 1.29 is 9.50 Å². The van der Waals surface area contributed by atoms with Crippen molar-refractivity contribution in [2.24, 2.45) is 5.73 Å². The average Bonchev–Trinajstić information content (AvgIpc) is 2.81. The van der Waals surface area contributed by atoms with E-state index in [2.05, 4.69) is 9.88 Å². The highest BCUT2D eigenvalue weighted by Gasteiger charge is 2.23. The van der Waals surface area contributed by atoms with Crippen LogP contribution in [0.4, 0.5) is 4.39 Å². The number of aliphatic hydroxyl groups excluding tert-OH is 1. The Balaban J connectivity index is 2.21. The lowest BCUT2D eigenvalue weighted by Gasteiger charge is -2.27. The number of aliphatic hydroxyl groups is 1. The van der Waals surface area contributed by atoms with Gasteiger partial charge in [0.25, 0.3) is 0 Å². The molecule has 0 amide bonds. The van der Waals surface area contributed by atoms with Gasteiger partial charge in [-0.15, -0.1) is 0 Å². The number of nitrogens with one attached hydrogen (secondary N) is 1. The van der Waals surface area contributed by atoms with Crippen LogP contribution in [0.15, 0.2) is 18.2 Å². The molecule has 2 heterocycles. The largest absolute Gasteiger partial charge is 0.396 e. The Morgan fingerprint density at radius 3 is 2.76 bits per heavy atom. The van der Waals surface area contributed by atoms with Crippen LogP contribution in [0, 0.1) is 5.82 Å². The number of nitrogens with two attached hydrogens (primary N) is 1. The maximum Gasteiger partial charge on any atom is 0.123 e. The van der Waals surface area contributed by atoms with Crippen molar-refractivity contribution >= 4 is 10.9 Å². The quantitative estimate of drug-likeness (QED) is 0.803. The Labute approximate surface area is 123 Å². The number of fused-ring (bicyclic) bond motifs is 1. The van der Waals surface area contributed by atoms with Gasteiger partial charge in [0.15, 0.2) is 0 Å². The summed E-state index contributed by atoms with van der Waals surface area (Å²) in [7, 11) is 0. The summed E-state index contributed by atoms with van der Waals surface area (Å²) in [4.78, 5) is 0. The van der Waals surface area contributed by atoms with Crippen LogP contribution < -0.4 is 11.1 Å². The molecule has 0 atom stereocenters. The molecule has 4 N–H and O–H groups in total. The zero-order chi connectivity index (χ0) is 14.8. The fourth-order valence-electron chi connectivity index (χ4n) is 3.49. The van der Waals surface area contributed by atoms with Gasteiger partial charge < -0.3 is 20.7 Å². The van der Waals surface area contributed by atoms with E-state index >= 15 is 0 Å². The van der Waals surface area contributed by atoms with Crippen LogP contribution >= 0.6 is 0 Å². The summed E-state index contributed by atoms with van der Waals surface area (Å²) in [5.74, 6) is -0.241. The lowest BCUT2D eigenvalue weighted by molar-refractivity contribution is 0.291. The normalized spacial score (nSPS) is 16.7. The molecular formula is C16H22FN3O. The molecule has 0 bridgehead atoms. The van der Waals surface area contributed by atoms with Gasteiger partial charge in [-0.05, 0) is 49.7 Å². The number of halogens is 1. The molecule has 1 aromatic carbocycles. The summed E-state index contributed by atoms with van der Waals surface area (Å²) in [5, 5.41) is 13.7. The van der Waals surface area contributed by atoms with Gasteiger partial charge in [0.2, 0.25) is 0 Å². The second kappa shape index (κ2) is 6.13. The predicted octanol–water partition coefficient (Wildman–Crippen LogP) is 1.70. The summed E-state index contributed by atoms with van der Waals surface area (Å²) in [5.41, 5.74) is 8.98. The zero-order valence-corrected chi connectivity index (χ0v) is 12.1. The van der Waals surface area contributed by atoms with E-state index in [1.165, 1.54) is 6.07 Å². The van der Waals surface area contributed by atoms with Gasteiger partial charge in [-0.25, -0.2) is 4.39 Å². The van der Waals surface area contributed by atoms with Crippen LogP contribution in [0.25, 0.3) is 10.9 Å². The predicted molar refractivity (Wildman–Crippen MR) is 81.7 cm³/mol. The number of hydrogen-bond acceptors (Lipinski definition) is 3. The van der Waals surface area contributed by atoms with E-state index in [0.717, 1.165) is 48.1 Å². The van der Waals surface area contributed by atoms with Crippen molar-refractivity contribution in [2.45, 2.75) is 31.8 Å². The second-order valence-electron chi connectivity index (χ2n) is 5.62. The average molecular weight is 291 g/mol. The van der Waals surface area contributed by atoms with Gasteiger partial charge in [0.05, 0.1) is 0 Å². The van der Waals surface area contributed by atoms with Crippen molar-refractivity contribution in [2.75, 3.05) is 19.7 Å². The Morgan fingerprint density at radius 1 is 1.33 bits per heavy atom. The third kappa shape index (κ3) is 2.57. The summed E-state index contributed by atoms with van der Waals surface area (Å²) < 4.78 is 15.9. The number of rotatable bonds is 4. The number of benzene rings is 1. The molecule has 5 heteroatoms. The summed E-state index contributed by atoms with van der Waals surface area (Å²) >= 11 is 0. The first kappa shape index (κ1) is 14.5. The lowest BCUT2D eigenvalue weighted by atomic mass is 10.1. The third-order valence-corrected chi connectivity index (χ3v) is 4.41. The molecule has 1 aliphatic rings. The molecule has 21 heavy (non-hydrogen) atoms. The molecular weight excluding hydrogens is 269 g/mol. The van der Waals surface area contributed by atoms with Crippen molar-refractivity contribution in [3.63, 3.8) is 0 Å². The van der Waals surface area contributed by atoms with Crippen molar-refractivity contribution in [1.29, 1.82) is 0 Å². The first-order valence-electron chi connectivity index (χ1n) is 7.59. The van der Waals surface area contributed by atoms with Crippen LogP contribution in [-0.4, -0.2) is 29.4 Å². The molecule has 2 aromatic rings. The lowest BCUT2D eigenvalue weighted by Crippen LogP contribution is -2.30. The molecule has 0 aliphatic carbocycles. The SMILES string of the molecule is NCc1c(CCO)n(C2CCNCC2)c2ccc(F)cc12. The van der Waals surface area contributed by atoms with Crippen LogP contribution in [-0.2, 0) is 13.0 Å². The van der Waals surface area contributed by atoms with Crippen molar-refractivity contribution in [3.05, 3.63) is 35.3 Å². The van der Waals surface area contributed by atoms with Gasteiger partial charge in [-0.1, -0.05) is 0 Å². The van der Waals surface area contributed by atoms with Gasteiger partial charge in [0, 0.05) is 42.2 Å². The summed E-state index contributed by atoms with van der Waals surface area (Å²) in [6.07, 6.45) is 2.65. The number of hydrogen-bond donors (Lipinski definition) is 3. The molecule has 1 aromatic heterocycles. The van der Waals surface area contributed by atoms with Crippen LogP contribution in [0.1, 0.15) is 30.1 Å². The van der Waals surface area contributed by atoms with E-state index in [0.29, 0.717) is 19.0 Å². The third-order valence-electron chi connectivity index (χ3n) is 4.41.